The lowest BCUT2D eigenvalue weighted by Crippen LogP contribution is -2.39. The second kappa shape index (κ2) is 6.77. The highest BCUT2D eigenvalue weighted by Crippen LogP contribution is 2.10. The van der Waals surface area contributed by atoms with E-state index in [0.29, 0.717) is 5.01 Å². The van der Waals surface area contributed by atoms with E-state index in [-0.39, 0.29) is 18.7 Å². The molecule has 8 nitrogen and oxygen atoms in total. The number of thiazole rings is 1. The van der Waals surface area contributed by atoms with Gasteiger partial charge in [-0.25, -0.2) is 22.9 Å². The quantitative estimate of drug-likeness (QED) is 0.670. The van der Waals surface area contributed by atoms with E-state index in [1.807, 2.05) is 0 Å². The third kappa shape index (κ3) is 4.25. The Morgan fingerprint density at radius 1 is 1.55 bits per heavy atom. The number of rotatable bonds is 7. The largest absolute Gasteiger partial charge is 0.476 e. The molecule has 10 heteroatoms. The Morgan fingerprint density at radius 3 is 2.70 bits per heavy atom. The minimum Gasteiger partial charge on any atom is -0.476 e. The second-order valence-electron chi connectivity index (χ2n) is 3.79. The molecular weight excluding hydrogens is 308 g/mol. The predicted octanol–water partition coefficient (Wildman–Crippen LogP) is -0.135. The minimum absolute atomic E-state index is 0.0240. The molecular formula is C10H14N2O6S2. The number of aromatic carboxylic acids is 1. The van der Waals surface area contributed by atoms with Crippen molar-refractivity contribution in [1.82, 2.24) is 9.71 Å². The van der Waals surface area contributed by atoms with E-state index in [0.717, 1.165) is 18.4 Å². The number of hydrogen-bond acceptors (Lipinski definition) is 7. The van der Waals surface area contributed by atoms with Crippen LogP contribution in [0.4, 0.5) is 0 Å². The van der Waals surface area contributed by atoms with Crippen LogP contribution in [-0.4, -0.2) is 49.4 Å². The standard InChI is InChI=1S/C10H14N2O6S2/c1-6(10(15)18-2)20(16,17)11-4-3-8-12-7(5-19-8)9(13)14/h5-6,11H,3-4H2,1-2H3,(H,13,14). The van der Waals surface area contributed by atoms with Gasteiger partial charge in [0.2, 0.25) is 10.0 Å². The van der Waals surface area contributed by atoms with E-state index >= 15 is 0 Å². The Hall–Kier alpha value is -1.52. The van der Waals surface area contributed by atoms with E-state index in [2.05, 4.69) is 14.4 Å². The number of esters is 1. The molecule has 0 aliphatic heterocycles. The van der Waals surface area contributed by atoms with Crippen LogP contribution in [-0.2, 0) is 26.0 Å². The van der Waals surface area contributed by atoms with Crippen molar-refractivity contribution < 1.29 is 27.9 Å². The monoisotopic (exact) mass is 322 g/mol. The van der Waals surface area contributed by atoms with Crippen LogP contribution in [0.1, 0.15) is 22.4 Å². The van der Waals surface area contributed by atoms with Gasteiger partial charge in [-0.2, -0.15) is 0 Å². The molecule has 1 aromatic heterocycles. The number of ether oxygens (including phenoxy) is 1. The summed E-state index contributed by atoms with van der Waals surface area (Å²) in [4.78, 5) is 25.6. The van der Waals surface area contributed by atoms with Crippen LogP contribution in [0.5, 0.6) is 0 Å². The summed E-state index contributed by atoms with van der Waals surface area (Å²) >= 11 is 1.13. The zero-order valence-corrected chi connectivity index (χ0v) is 12.5. The van der Waals surface area contributed by atoms with Crippen molar-refractivity contribution in [2.75, 3.05) is 13.7 Å². The van der Waals surface area contributed by atoms with Gasteiger partial charge in [-0.1, -0.05) is 0 Å². The van der Waals surface area contributed by atoms with Gasteiger partial charge in [0.1, 0.15) is 0 Å². The molecule has 1 atom stereocenters. The number of nitrogens with one attached hydrogen (secondary N) is 1. The van der Waals surface area contributed by atoms with Gasteiger partial charge in [-0.3, -0.25) is 4.79 Å². The summed E-state index contributed by atoms with van der Waals surface area (Å²) in [6, 6.07) is 0. The maximum Gasteiger partial charge on any atom is 0.355 e. The fraction of sp³-hybridized carbons (Fsp3) is 0.500. The Balaban J connectivity index is 2.54. The molecule has 1 unspecified atom stereocenters. The summed E-state index contributed by atoms with van der Waals surface area (Å²) in [6.45, 7) is 1.25. The third-order valence-electron chi connectivity index (χ3n) is 2.41. The van der Waals surface area contributed by atoms with Gasteiger partial charge in [0, 0.05) is 18.3 Å². The van der Waals surface area contributed by atoms with Gasteiger partial charge < -0.3 is 9.84 Å². The average Bonchev–Trinajstić information content (AvgIpc) is 2.85. The molecule has 0 radical (unpaired) electrons. The lowest BCUT2D eigenvalue weighted by molar-refractivity contribution is -0.139. The summed E-state index contributed by atoms with van der Waals surface area (Å²) < 4.78 is 30.0. The van der Waals surface area contributed by atoms with Crippen molar-refractivity contribution in [2.45, 2.75) is 18.6 Å². The molecule has 1 rings (SSSR count). The van der Waals surface area contributed by atoms with Gasteiger partial charge in [-0.15, -0.1) is 11.3 Å². The summed E-state index contributed by atoms with van der Waals surface area (Å²) in [5.41, 5.74) is -0.0733. The van der Waals surface area contributed by atoms with Crippen LogP contribution in [0.3, 0.4) is 0 Å². The fourth-order valence-corrected chi connectivity index (χ4v) is 3.00. The van der Waals surface area contributed by atoms with E-state index in [4.69, 9.17) is 5.11 Å². The van der Waals surface area contributed by atoms with Gasteiger partial charge in [0.05, 0.1) is 12.1 Å². The summed E-state index contributed by atoms with van der Waals surface area (Å²) in [7, 11) is -2.71. The Morgan fingerprint density at radius 2 is 2.20 bits per heavy atom. The van der Waals surface area contributed by atoms with Crippen LogP contribution in [0, 0.1) is 0 Å². The number of methoxy groups -OCH3 is 1. The maximum absolute atomic E-state index is 11.7. The minimum atomic E-state index is -3.82. The van der Waals surface area contributed by atoms with Crippen molar-refractivity contribution in [3.8, 4) is 0 Å². The summed E-state index contributed by atoms with van der Waals surface area (Å²) in [6.07, 6.45) is 0.241. The zero-order chi connectivity index (χ0) is 15.3. The zero-order valence-electron chi connectivity index (χ0n) is 10.8. The second-order valence-corrected chi connectivity index (χ2v) is 6.81. The topological polar surface area (TPSA) is 123 Å². The van der Waals surface area contributed by atoms with Gasteiger partial charge >= 0.3 is 11.9 Å². The Kier molecular flexibility index (Phi) is 5.60. The molecule has 0 aromatic carbocycles. The molecule has 0 bridgehead atoms. The number of carboxylic acid groups (broad SMARTS) is 1. The predicted molar refractivity (Wildman–Crippen MR) is 71.2 cm³/mol. The van der Waals surface area contributed by atoms with Crippen molar-refractivity contribution in [2.24, 2.45) is 0 Å². The molecule has 0 aliphatic carbocycles. The highest BCUT2D eigenvalue weighted by molar-refractivity contribution is 7.90. The Bertz CT molecular complexity index is 595. The Labute approximate surface area is 119 Å². The summed E-state index contributed by atoms with van der Waals surface area (Å²) in [5, 5.41) is 9.26. The normalized spacial score (nSPS) is 12.9. The molecule has 0 fully saturated rings. The van der Waals surface area contributed by atoms with Crippen LogP contribution >= 0.6 is 11.3 Å². The molecule has 0 spiro atoms. The molecule has 0 saturated carbocycles. The van der Waals surface area contributed by atoms with Gasteiger partial charge in [-0.05, 0) is 6.92 Å². The smallest absolute Gasteiger partial charge is 0.355 e. The molecule has 1 aromatic rings. The van der Waals surface area contributed by atoms with Gasteiger partial charge in [0.25, 0.3) is 0 Å². The van der Waals surface area contributed by atoms with Crippen LogP contribution in [0.25, 0.3) is 0 Å². The number of carboxylic acids is 1. The molecule has 0 aliphatic rings. The van der Waals surface area contributed by atoms with Crippen molar-refractivity contribution in [1.29, 1.82) is 0 Å². The molecule has 2 N–H and O–H groups in total. The lowest BCUT2D eigenvalue weighted by Gasteiger charge is -2.11. The van der Waals surface area contributed by atoms with Crippen LogP contribution < -0.4 is 4.72 Å². The van der Waals surface area contributed by atoms with Crippen LogP contribution in [0.2, 0.25) is 0 Å². The first-order valence-electron chi connectivity index (χ1n) is 5.52. The van der Waals surface area contributed by atoms with Crippen molar-refractivity contribution >= 4 is 33.3 Å². The lowest BCUT2D eigenvalue weighted by atomic mass is 10.4. The highest BCUT2D eigenvalue weighted by Gasteiger charge is 2.28. The number of aromatic nitrogens is 1. The first-order chi connectivity index (χ1) is 9.27. The number of carbonyl (C=O) groups is 2. The van der Waals surface area contributed by atoms with Gasteiger partial charge in [0.15, 0.2) is 10.9 Å². The van der Waals surface area contributed by atoms with Crippen molar-refractivity contribution in [3.63, 3.8) is 0 Å². The van der Waals surface area contributed by atoms with E-state index < -0.39 is 27.2 Å². The molecule has 0 amide bonds. The van der Waals surface area contributed by atoms with Crippen molar-refractivity contribution in [3.05, 3.63) is 16.1 Å². The SMILES string of the molecule is COC(=O)C(C)S(=O)(=O)NCCc1nc(C(=O)O)cs1. The molecule has 112 valence electrons. The number of sulfonamides is 1. The van der Waals surface area contributed by atoms with E-state index in [9.17, 15) is 18.0 Å². The number of nitrogens with zero attached hydrogens (tertiary/aromatic N) is 1. The molecule has 0 saturated heterocycles. The number of hydrogen-bond donors (Lipinski definition) is 2. The third-order valence-corrected chi connectivity index (χ3v) is 5.05. The fourth-order valence-electron chi connectivity index (χ4n) is 1.24. The maximum atomic E-state index is 11.7. The highest BCUT2D eigenvalue weighted by atomic mass is 32.2. The average molecular weight is 322 g/mol. The molecule has 1 heterocycles. The van der Waals surface area contributed by atoms with E-state index in [1.54, 1.807) is 0 Å². The molecule has 20 heavy (non-hydrogen) atoms. The first kappa shape index (κ1) is 16.5. The van der Waals surface area contributed by atoms with E-state index in [1.165, 1.54) is 12.3 Å². The summed E-state index contributed by atoms with van der Waals surface area (Å²) in [5.74, 6) is -1.98. The van der Waals surface area contributed by atoms with Crippen LogP contribution in [0.15, 0.2) is 5.38 Å². The number of carbonyl (C=O) groups excluding carboxylic acids is 1. The first-order valence-corrected chi connectivity index (χ1v) is 7.94.